The van der Waals surface area contributed by atoms with E-state index in [1.807, 2.05) is 0 Å². The smallest absolute Gasteiger partial charge is 0.328 e. The largest absolute Gasteiger partial charge is 0.480 e. The minimum Gasteiger partial charge on any atom is -0.480 e. The highest BCUT2D eigenvalue weighted by molar-refractivity contribution is 7.12. The predicted molar refractivity (Wildman–Crippen MR) is 156 cm³/mol. The van der Waals surface area contributed by atoms with Gasteiger partial charge >= 0.3 is 5.97 Å². The van der Waals surface area contributed by atoms with Crippen molar-refractivity contribution < 1.29 is 19.5 Å². The van der Waals surface area contributed by atoms with E-state index < -0.39 is 23.8 Å². The van der Waals surface area contributed by atoms with Gasteiger partial charge in [-0.2, -0.15) is 0 Å². The number of carbonyl (C=O) groups is 3. The van der Waals surface area contributed by atoms with E-state index in [2.05, 4.69) is 68.7 Å². The number of fused-ring (bicyclic) bond motifs is 1. The fourth-order valence-electron chi connectivity index (χ4n) is 4.66. The lowest BCUT2D eigenvalue weighted by Gasteiger charge is -2.17. The zero-order chi connectivity index (χ0) is 28.8. The van der Waals surface area contributed by atoms with Crippen LogP contribution in [0.25, 0.3) is 10.9 Å². The van der Waals surface area contributed by atoms with Gasteiger partial charge in [0.2, 0.25) is 5.95 Å². The summed E-state index contributed by atoms with van der Waals surface area (Å²) >= 11 is 1.24. The minimum atomic E-state index is -1.31. The van der Waals surface area contributed by atoms with Crippen LogP contribution in [0.2, 0.25) is 0 Å². The first-order chi connectivity index (χ1) is 19.2. The Kier molecular flexibility index (Phi) is 9.15. The number of nitrogens with one attached hydrogen (secondary N) is 3. The Morgan fingerprint density at radius 2 is 1.82 bits per heavy atom. The third kappa shape index (κ3) is 6.66. The Hall–Kier alpha value is -4.25. The van der Waals surface area contributed by atoms with Crippen LogP contribution in [0.15, 0.2) is 41.8 Å². The molecule has 4 aromatic rings. The predicted octanol–water partition coefficient (Wildman–Crippen LogP) is 3.87. The van der Waals surface area contributed by atoms with Gasteiger partial charge in [-0.1, -0.05) is 25.1 Å². The quantitative estimate of drug-likeness (QED) is 0.192. The first-order valence-corrected chi connectivity index (χ1v) is 14.1. The molecule has 3 heterocycles. The van der Waals surface area contributed by atoms with Gasteiger partial charge < -0.3 is 25.6 Å². The highest BCUT2D eigenvalue weighted by Crippen LogP contribution is 2.21. The number of aliphatic carboxylic acids is 1. The van der Waals surface area contributed by atoms with Crippen LogP contribution in [0.5, 0.6) is 0 Å². The van der Waals surface area contributed by atoms with Crippen molar-refractivity contribution in [3.8, 4) is 0 Å². The molecule has 2 amide bonds. The molecule has 11 heteroatoms. The zero-order valence-electron chi connectivity index (χ0n) is 23.1. The molecule has 1 aromatic carbocycles. The van der Waals surface area contributed by atoms with E-state index in [0.717, 1.165) is 19.3 Å². The van der Waals surface area contributed by atoms with Gasteiger partial charge in [-0.25, -0.2) is 14.8 Å². The number of benzene rings is 1. The van der Waals surface area contributed by atoms with Crippen LogP contribution in [0.4, 0.5) is 5.95 Å². The fourth-order valence-corrected chi connectivity index (χ4v) is 5.30. The minimum absolute atomic E-state index is 0.212. The molecule has 1 unspecified atom stereocenters. The summed E-state index contributed by atoms with van der Waals surface area (Å²) in [5.41, 5.74) is 4.89. The Balaban J connectivity index is 1.32. The molecule has 210 valence electrons. The van der Waals surface area contributed by atoms with Crippen LogP contribution >= 0.6 is 11.3 Å². The molecule has 0 saturated heterocycles. The lowest BCUT2D eigenvalue weighted by Crippen LogP contribution is -2.48. The van der Waals surface area contributed by atoms with Gasteiger partial charge in [-0.15, -0.1) is 11.3 Å². The van der Waals surface area contributed by atoms with Crippen molar-refractivity contribution in [2.24, 2.45) is 7.05 Å². The number of rotatable bonds is 12. The molecular formula is C29H34N6O4S. The molecule has 0 saturated carbocycles. The molecule has 0 aliphatic rings. The van der Waals surface area contributed by atoms with Gasteiger partial charge in [-0.3, -0.25) is 9.59 Å². The molecule has 0 radical (unpaired) electrons. The number of carboxylic acids is 1. The summed E-state index contributed by atoms with van der Waals surface area (Å²) < 4.78 is 2.24. The van der Waals surface area contributed by atoms with Gasteiger partial charge in [0.25, 0.3) is 11.8 Å². The van der Waals surface area contributed by atoms with Gasteiger partial charge in [-0.05, 0) is 67.6 Å². The zero-order valence-corrected chi connectivity index (χ0v) is 23.9. The van der Waals surface area contributed by atoms with Crippen LogP contribution in [-0.4, -0.2) is 56.6 Å². The van der Waals surface area contributed by atoms with Crippen LogP contribution in [0, 0.1) is 13.8 Å². The number of amides is 2. The summed E-state index contributed by atoms with van der Waals surface area (Å²) in [6.45, 7) is 5.92. The normalized spacial score (nSPS) is 11.8. The Labute approximate surface area is 236 Å². The summed E-state index contributed by atoms with van der Waals surface area (Å²) in [5.74, 6) is -1.85. The Morgan fingerprint density at radius 3 is 2.48 bits per heavy atom. The Bertz CT molecular complexity index is 1510. The molecule has 40 heavy (non-hydrogen) atoms. The number of thiophene rings is 1. The van der Waals surface area contributed by atoms with Crippen molar-refractivity contribution in [3.63, 3.8) is 0 Å². The SMILES string of the molecule is CCc1cc2ccc(CCCNc3nc(C)c(C(=O)NC(CNC(=O)c4cccs4)C(=O)O)c(C)n3)cc2n1C. The standard InChI is InChI=1S/C29H34N6O4S/c1-5-21-15-20-11-10-19(14-23(20)35(21)4)8-6-12-30-29-32-17(2)25(18(3)33-29)27(37)34-22(28(38)39)16-31-26(36)24-9-7-13-40-24/h7,9-11,13-15,22H,5-6,8,12,16H2,1-4H3,(H,31,36)(H,34,37)(H,38,39)(H,30,32,33). The number of aryl methyl sites for hydroxylation is 5. The average Bonchev–Trinajstić information content (AvgIpc) is 3.57. The third-order valence-corrected chi connectivity index (χ3v) is 7.68. The van der Waals surface area contributed by atoms with E-state index in [1.54, 1.807) is 31.4 Å². The van der Waals surface area contributed by atoms with Crippen molar-refractivity contribution in [2.45, 2.75) is 46.1 Å². The number of hydrogen-bond donors (Lipinski definition) is 4. The second-order valence-corrected chi connectivity index (χ2v) is 10.6. The maximum atomic E-state index is 13.0. The summed E-state index contributed by atoms with van der Waals surface area (Å²) in [4.78, 5) is 46.2. The number of anilines is 1. The van der Waals surface area contributed by atoms with E-state index in [4.69, 9.17) is 0 Å². The molecule has 1 atom stereocenters. The summed E-state index contributed by atoms with van der Waals surface area (Å²) in [5, 5.41) is 20.8. The second-order valence-electron chi connectivity index (χ2n) is 9.62. The first-order valence-electron chi connectivity index (χ1n) is 13.2. The molecule has 4 rings (SSSR count). The van der Waals surface area contributed by atoms with Crippen molar-refractivity contribution >= 4 is 46.0 Å². The number of nitrogens with zero attached hydrogens (tertiary/aromatic N) is 3. The number of carboxylic acid groups (broad SMARTS) is 1. The molecule has 0 aliphatic carbocycles. The number of carbonyl (C=O) groups excluding carboxylic acids is 2. The van der Waals surface area contributed by atoms with Gasteiger partial charge in [0.05, 0.1) is 21.8 Å². The summed E-state index contributed by atoms with van der Waals surface area (Å²) in [7, 11) is 2.10. The highest BCUT2D eigenvalue weighted by Gasteiger charge is 2.25. The maximum Gasteiger partial charge on any atom is 0.328 e. The van der Waals surface area contributed by atoms with E-state index >= 15 is 0 Å². The molecular weight excluding hydrogens is 528 g/mol. The maximum absolute atomic E-state index is 13.0. The first kappa shape index (κ1) is 28.8. The number of hydrogen-bond acceptors (Lipinski definition) is 7. The molecule has 0 spiro atoms. The van der Waals surface area contributed by atoms with E-state index in [-0.39, 0.29) is 12.1 Å². The van der Waals surface area contributed by atoms with Crippen molar-refractivity contribution in [3.05, 3.63) is 74.9 Å². The van der Waals surface area contributed by atoms with Crippen molar-refractivity contribution in [1.82, 2.24) is 25.2 Å². The van der Waals surface area contributed by atoms with Crippen LogP contribution < -0.4 is 16.0 Å². The topological polar surface area (TPSA) is 138 Å². The van der Waals surface area contributed by atoms with Crippen LogP contribution in [0.1, 0.15) is 56.0 Å². The second kappa shape index (κ2) is 12.7. The van der Waals surface area contributed by atoms with E-state index in [0.29, 0.717) is 28.8 Å². The third-order valence-electron chi connectivity index (χ3n) is 6.81. The van der Waals surface area contributed by atoms with Crippen LogP contribution in [-0.2, 0) is 24.7 Å². The Morgan fingerprint density at radius 1 is 1.07 bits per heavy atom. The van der Waals surface area contributed by atoms with Gasteiger partial charge in [0.1, 0.15) is 6.04 Å². The highest BCUT2D eigenvalue weighted by atomic mass is 32.1. The monoisotopic (exact) mass is 562 g/mol. The lowest BCUT2D eigenvalue weighted by atomic mass is 10.1. The molecule has 3 aromatic heterocycles. The number of aromatic nitrogens is 3. The molecule has 0 bridgehead atoms. The molecule has 10 nitrogen and oxygen atoms in total. The van der Waals surface area contributed by atoms with Crippen molar-refractivity contribution in [1.29, 1.82) is 0 Å². The fraction of sp³-hybridized carbons (Fsp3) is 0.345. The van der Waals surface area contributed by atoms with E-state index in [9.17, 15) is 19.5 Å². The van der Waals surface area contributed by atoms with E-state index in [1.165, 1.54) is 33.5 Å². The molecule has 0 fully saturated rings. The summed E-state index contributed by atoms with van der Waals surface area (Å²) in [6.07, 6.45) is 2.77. The van der Waals surface area contributed by atoms with Gasteiger partial charge in [0, 0.05) is 31.3 Å². The average molecular weight is 563 g/mol. The van der Waals surface area contributed by atoms with Crippen molar-refractivity contribution in [2.75, 3.05) is 18.4 Å². The molecule has 4 N–H and O–H groups in total. The molecule has 0 aliphatic heterocycles. The lowest BCUT2D eigenvalue weighted by molar-refractivity contribution is -0.139. The van der Waals surface area contributed by atoms with Gasteiger partial charge in [0.15, 0.2) is 0 Å². The van der Waals surface area contributed by atoms with Crippen LogP contribution in [0.3, 0.4) is 0 Å². The summed E-state index contributed by atoms with van der Waals surface area (Å²) in [6, 6.07) is 10.9.